The summed E-state index contributed by atoms with van der Waals surface area (Å²) in [4.78, 5) is 4.70. The minimum Gasteiger partial charge on any atom is -0.493 e. The number of hydrogen-bond acceptors (Lipinski definition) is 3. The second-order valence-corrected chi connectivity index (χ2v) is 6.63. The van der Waals surface area contributed by atoms with Crippen LogP contribution in [0.1, 0.15) is 38.4 Å². The summed E-state index contributed by atoms with van der Waals surface area (Å²) in [5.74, 6) is 2.34. The molecule has 0 aliphatic rings. The van der Waals surface area contributed by atoms with E-state index < -0.39 is 0 Å². The van der Waals surface area contributed by atoms with E-state index in [1.165, 1.54) is 0 Å². The SMILES string of the molecule is CCNC(=NCc1ccccc1OCCC(C)C)NCc1ccnn1C.I. The molecule has 1 aromatic carbocycles. The van der Waals surface area contributed by atoms with E-state index in [1.807, 2.05) is 36.0 Å². The van der Waals surface area contributed by atoms with Gasteiger partial charge in [0.25, 0.3) is 0 Å². The first-order chi connectivity index (χ1) is 12.6. The van der Waals surface area contributed by atoms with Crippen LogP contribution in [0.5, 0.6) is 5.75 Å². The van der Waals surface area contributed by atoms with Crippen LogP contribution in [0.4, 0.5) is 0 Å². The minimum absolute atomic E-state index is 0. The second kappa shape index (κ2) is 12.6. The van der Waals surface area contributed by atoms with Crippen molar-refractivity contribution in [1.29, 1.82) is 0 Å². The van der Waals surface area contributed by atoms with Crippen molar-refractivity contribution >= 4 is 29.9 Å². The van der Waals surface area contributed by atoms with Crippen LogP contribution in [-0.4, -0.2) is 28.9 Å². The average molecular weight is 485 g/mol. The molecule has 0 amide bonds. The van der Waals surface area contributed by atoms with Gasteiger partial charge in [-0.15, -0.1) is 24.0 Å². The van der Waals surface area contributed by atoms with Gasteiger partial charge >= 0.3 is 0 Å². The molecule has 0 fully saturated rings. The van der Waals surface area contributed by atoms with Crippen LogP contribution in [0.3, 0.4) is 0 Å². The fraction of sp³-hybridized carbons (Fsp3) is 0.500. The lowest BCUT2D eigenvalue weighted by Crippen LogP contribution is -2.37. The molecule has 0 atom stereocenters. The number of guanidine groups is 1. The molecule has 27 heavy (non-hydrogen) atoms. The number of halogens is 1. The highest BCUT2D eigenvalue weighted by molar-refractivity contribution is 14.0. The molecular weight excluding hydrogens is 453 g/mol. The van der Waals surface area contributed by atoms with Crippen molar-refractivity contribution in [2.24, 2.45) is 18.0 Å². The van der Waals surface area contributed by atoms with Gasteiger partial charge < -0.3 is 15.4 Å². The highest BCUT2D eigenvalue weighted by Crippen LogP contribution is 2.19. The van der Waals surface area contributed by atoms with Crippen molar-refractivity contribution in [3.05, 3.63) is 47.8 Å². The highest BCUT2D eigenvalue weighted by Gasteiger charge is 2.05. The lowest BCUT2D eigenvalue weighted by Gasteiger charge is -2.13. The second-order valence-electron chi connectivity index (χ2n) is 6.63. The van der Waals surface area contributed by atoms with Gasteiger partial charge in [0.05, 0.1) is 25.4 Å². The zero-order chi connectivity index (χ0) is 18.8. The number of rotatable bonds is 9. The molecule has 2 rings (SSSR count). The van der Waals surface area contributed by atoms with E-state index in [9.17, 15) is 0 Å². The lowest BCUT2D eigenvalue weighted by atomic mass is 10.1. The van der Waals surface area contributed by atoms with Gasteiger partial charge in [-0.2, -0.15) is 5.10 Å². The Balaban J connectivity index is 0.00000364. The summed E-state index contributed by atoms with van der Waals surface area (Å²) in [6.07, 6.45) is 2.85. The Hall–Kier alpha value is -1.77. The van der Waals surface area contributed by atoms with Gasteiger partial charge in [-0.05, 0) is 31.4 Å². The Labute approximate surface area is 179 Å². The molecule has 0 aliphatic heterocycles. The van der Waals surface area contributed by atoms with Gasteiger partial charge in [0, 0.05) is 25.4 Å². The maximum Gasteiger partial charge on any atom is 0.191 e. The number of nitrogens with zero attached hydrogens (tertiary/aromatic N) is 3. The van der Waals surface area contributed by atoms with Crippen molar-refractivity contribution in [2.75, 3.05) is 13.2 Å². The maximum atomic E-state index is 5.95. The molecule has 0 saturated heterocycles. The van der Waals surface area contributed by atoms with Crippen molar-refractivity contribution in [3.63, 3.8) is 0 Å². The number of aryl methyl sites for hydroxylation is 1. The molecule has 150 valence electrons. The summed E-state index contributed by atoms with van der Waals surface area (Å²) in [5, 5.41) is 10.8. The van der Waals surface area contributed by atoms with Crippen LogP contribution in [0.25, 0.3) is 0 Å². The van der Waals surface area contributed by atoms with E-state index in [0.29, 0.717) is 19.0 Å². The summed E-state index contributed by atoms with van der Waals surface area (Å²) in [7, 11) is 1.94. The topological polar surface area (TPSA) is 63.5 Å². The normalized spacial score (nSPS) is 11.2. The predicted molar refractivity (Wildman–Crippen MR) is 122 cm³/mol. The standard InChI is InChI=1S/C20H31N5O.HI/c1-5-21-20(23-15-18-10-12-24-25(18)4)22-14-17-8-6-7-9-19(17)26-13-11-16(2)3;/h6-10,12,16H,5,11,13-15H2,1-4H3,(H2,21,22,23);1H. The predicted octanol–water partition coefficient (Wildman–Crippen LogP) is 3.72. The quantitative estimate of drug-likeness (QED) is 0.323. The number of hydrogen-bond donors (Lipinski definition) is 2. The summed E-state index contributed by atoms with van der Waals surface area (Å²) < 4.78 is 7.81. The van der Waals surface area contributed by atoms with Crippen LogP contribution >= 0.6 is 24.0 Å². The van der Waals surface area contributed by atoms with Crippen LogP contribution in [-0.2, 0) is 20.1 Å². The molecule has 0 radical (unpaired) electrons. The van der Waals surface area contributed by atoms with Crippen LogP contribution < -0.4 is 15.4 Å². The first kappa shape index (κ1) is 23.3. The lowest BCUT2D eigenvalue weighted by molar-refractivity contribution is 0.287. The molecular formula is C20H32IN5O. The van der Waals surface area contributed by atoms with Crippen LogP contribution in [0, 0.1) is 5.92 Å². The third kappa shape index (κ3) is 8.19. The van der Waals surface area contributed by atoms with Crippen molar-refractivity contribution in [3.8, 4) is 5.75 Å². The summed E-state index contributed by atoms with van der Waals surface area (Å²) in [6, 6.07) is 10.1. The summed E-state index contributed by atoms with van der Waals surface area (Å²) in [6.45, 7) is 9.25. The molecule has 0 bridgehead atoms. The molecule has 2 N–H and O–H groups in total. The monoisotopic (exact) mass is 485 g/mol. The van der Waals surface area contributed by atoms with Gasteiger partial charge in [0.2, 0.25) is 0 Å². The first-order valence-corrected chi connectivity index (χ1v) is 9.30. The molecule has 0 saturated carbocycles. The molecule has 2 aromatic rings. The van der Waals surface area contributed by atoms with E-state index >= 15 is 0 Å². The van der Waals surface area contributed by atoms with Gasteiger partial charge in [-0.3, -0.25) is 4.68 Å². The van der Waals surface area contributed by atoms with Crippen LogP contribution in [0.15, 0.2) is 41.5 Å². The molecule has 0 unspecified atom stereocenters. The number of aliphatic imine (C=N–C) groups is 1. The minimum atomic E-state index is 0. The molecule has 7 heteroatoms. The Kier molecular flexibility index (Phi) is 10.8. The largest absolute Gasteiger partial charge is 0.493 e. The summed E-state index contributed by atoms with van der Waals surface area (Å²) in [5.41, 5.74) is 2.20. The Bertz CT molecular complexity index is 699. The number of aromatic nitrogens is 2. The van der Waals surface area contributed by atoms with Crippen molar-refractivity contribution in [2.45, 2.75) is 40.3 Å². The number of para-hydroxylation sites is 1. The fourth-order valence-electron chi connectivity index (χ4n) is 2.43. The van der Waals surface area contributed by atoms with Gasteiger partial charge in [-0.1, -0.05) is 32.0 Å². The van der Waals surface area contributed by atoms with E-state index in [-0.39, 0.29) is 24.0 Å². The van der Waals surface area contributed by atoms with Crippen molar-refractivity contribution in [1.82, 2.24) is 20.4 Å². The molecule has 1 heterocycles. The fourth-order valence-corrected chi connectivity index (χ4v) is 2.43. The van der Waals surface area contributed by atoms with E-state index in [0.717, 1.165) is 42.5 Å². The van der Waals surface area contributed by atoms with Crippen molar-refractivity contribution < 1.29 is 4.74 Å². The average Bonchev–Trinajstić information content (AvgIpc) is 3.03. The van der Waals surface area contributed by atoms with E-state index in [1.54, 1.807) is 6.20 Å². The number of ether oxygens (including phenoxy) is 1. The molecule has 1 aromatic heterocycles. The molecule has 0 spiro atoms. The zero-order valence-corrected chi connectivity index (χ0v) is 19.1. The number of nitrogens with one attached hydrogen (secondary N) is 2. The third-order valence-electron chi connectivity index (χ3n) is 4.04. The highest BCUT2D eigenvalue weighted by atomic mass is 127. The van der Waals surface area contributed by atoms with Gasteiger partial charge in [0.15, 0.2) is 5.96 Å². The number of benzene rings is 1. The Morgan fingerprint density at radius 1 is 1.22 bits per heavy atom. The zero-order valence-electron chi connectivity index (χ0n) is 16.7. The third-order valence-corrected chi connectivity index (χ3v) is 4.04. The molecule has 6 nitrogen and oxygen atoms in total. The van der Waals surface area contributed by atoms with E-state index in [4.69, 9.17) is 9.73 Å². The van der Waals surface area contributed by atoms with E-state index in [2.05, 4.69) is 42.6 Å². The van der Waals surface area contributed by atoms with Crippen LogP contribution in [0.2, 0.25) is 0 Å². The Morgan fingerprint density at radius 3 is 2.67 bits per heavy atom. The first-order valence-electron chi connectivity index (χ1n) is 9.30. The summed E-state index contributed by atoms with van der Waals surface area (Å²) >= 11 is 0. The molecule has 0 aliphatic carbocycles. The van der Waals surface area contributed by atoms with Gasteiger partial charge in [-0.25, -0.2) is 4.99 Å². The van der Waals surface area contributed by atoms with Gasteiger partial charge in [0.1, 0.15) is 5.75 Å². The smallest absolute Gasteiger partial charge is 0.191 e. The maximum absolute atomic E-state index is 5.95. The Morgan fingerprint density at radius 2 is 2.00 bits per heavy atom.